The molecule has 0 radical (unpaired) electrons. The summed E-state index contributed by atoms with van der Waals surface area (Å²) in [5, 5.41) is 20.2. The standard InChI is InChI=1S/C13H26N2O.C7H9NS.C5H9NO.CH4O/c1-8-4-9-5-10(11(8)15-3)7-13(2,6-9)12(14)16;1-5-2-3-6(9)4-7(5)8;6-5(4-7)2-1-3-5;1-2/h8-12,15-16H,4-7,14H2,1-3H3;2-4,9H,8H2,1H3;4H,1-3,6H2;2H,1H3. The number of rotatable bonds is 3. The van der Waals surface area contributed by atoms with Gasteiger partial charge in [0.25, 0.3) is 0 Å². The van der Waals surface area contributed by atoms with Crippen LogP contribution in [0.1, 0.15) is 64.4 Å². The van der Waals surface area contributed by atoms with Gasteiger partial charge >= 0.3 is 0 Å². The lowest BCUT2D eigenvalue weighted by molar-refractivity contribution is -0.114. The average molecular weight is 497 g/mol. The van der Waals surface area contributed by atoms with Crippen LogP contribution in [0.25, 0.3) is 0 Å². The van der Waals surface area contributed by atoms with E-state index in [1.165, 1.54) is 12.8 Å². The minimum Gasteiger partial charge on any atom is -0.400 e. The van der Waals surface area contributed by atoms with Gasteiger partial charge in [0.05, 0.1) is 5.54 Å². The summed E-state index contributed by atoms with van der Waals surface area (Å²) in [6.07, 6.45) is 7.85. The molecule has 3 aliphatic rings. The fourth-order valence-electron chi connectivity index (χ4n) is 5.62. The van der Waals surface area contributed by atoms with Gasteiger partial charge in [-0.3, -0.25) is 0 Å². The van der Waals surface area contributed by atoms with Crippen molar-refractivity contribution in [3.8, 4) is 0 Å². The first-order chi connectivity index (χ1) is 15.9. The molecule has 3 aliphatic carbocycles. The second-order valence-electron chi connectivity index (χ2n) is 10.6. The third kappa shape index (κ3) is 8.50. The van der Waals surface area contributed by atoms with Gasteiger partial charge in [-0.2, -0.15) is 0 Å². The Labute approximate surface area is 211 Å². The number of aliphatic hydroxyl groups is 2. The number of nitrogens with one attached hydrogen (secondary N) is 1. The molecule has 8 heteroatoms. The van der Waals surface area contributed by atoms with E-state index in [0.29, 0.717) is 12.0 Å². The molecule has 34 heavy (non-hydrogen) atoms. The molecule has 0 aliphatic heterocycles. The highest BCUT2D eigenvalue weighted by Crippen LogP contribution is 2.50. The highest BCUT2D eigenvalue weighted by molar-refractivity contribution is 7.80. The fraction of sp³-hybridized carbons (Fsp3) is 0.731. The Morgan fingerprint density at radius 2 is 1.85 bits per heavy atom. The largest absolute Gasteiger partial charge is 0.400 e. The number of aryl methyl sites for hydroxylation is 1. The van der Waals surface area contributed by atoms with E-state index in [1.807, 2.05) is 25.1 Å². The monoisotopic (exact) mass is 496 g/mol. The molecule has 6 atom stereocenters. The number of hydrogen-bond acceptors (Lipinski definition) is 8. The zero-order valence-corrected chi connectivity index (χ0v) is 22.5. The first-order valence-electron chi connectivity index (χ1n) is 12.3. The number of anilines is 1. The molecule has 1 aromatic carbocycles. The minimum absolute atomic E-state index is 0.0666. The summed E-state index contributed by atoms with van der Waals surface area (Å²) in [4.78, 5) is 10.9. The smallest absolute Gasteiger partial charge is 0.139 e. The number of nitrogen functional groups attached to an aromatic ring is 1. The van der Waals surface area contributed by atoms with Crippen LogP contribution in [-0.2, 0) is 4.79 Å². The Balaban J connectivity index is 0.000000271. The minimum atomic E-state index is -0.663. The van der Waals surface area contributed by atoms with Gasteiger partial charge in [-0.15, -0.1) is 12.6 Å². The summed E-state index contributed by atoms with van der Waals surface area (Å²) >= 11 is 4.12. The second-order valence-corrected chi connectivity index (χ2v) is 11.2. The van der Waals surface area contributed by atoms with Crippen LogP contribution < -0.4 is 22.5 Å². The summed E-state index contributed by atoms with van der Waals surface area (Å²) in [6.45, 7) is 6.48. The summed E-state index contributed by atoms with van der Waals surface area (Å²) in [7, 11) is 3.06. The van der Waals surface area contributed by atoms with Crippen LogP contribution in [0.4, 0.5) is 5.69 Å². The number of thiol groups is 1. The molecule has 196 valence electrons. The molecule has 2 bridgehead atoms. The molecule has 6 unspecified atom stereocenters. The molecule has 1 aromatic rings. The van der Waals surface area contributed by atoms with Crippen molar-refractivity contribution in [1.29, 1.82) is 0 Å². The summed E-state index contributed by atoms with van der Waals surface area (Å²) in [6, 6.07) is 6.33. The molecule has 3 saturated carbocycles. The Morgan fingerprint density at radius 3 is 2.24 bits per heavy atom. The van der Waals surface area contributed by atoms with Crippen molar-refractivity contribution in [2.24, 2.45) is 34.6 Å². The van der Waals surface area contributed by atoms with Crippen LogP contribution in [0.2, 0.25) is 0 Å². The van der Waals surface area contributed by atoms with E-state index in [-0.39, 0.29) is 5.41 Å². The number of aliphatic hydroxyl groups excluding tert-OH is 2. The SMILES string of the molecule is CNC1C(C)CC2CC1CC(C)(C(N)O)C2.CO.Cc1ccc(S)cc1N.NC1(C=O)CCC1. The molecule has 0 heterocycles. The first-order valence-corrected chi connectivity index (χ1v) is 12.7. The molecule has 0 aromatic heterocycles. The lowest BCUT2D eigenvalue weighted by atomic mass is 9.57. The van der Waals surface area contributed by atoms with Crippen molar-refractivity contribution in [3.05, 3.63) is 23.8 Å². The predicted molar refractivity (Wildman–Crippen MR) is 144 cm³/mol. The lowest BCUT2D eigenvalue weighted by Gasteiger charge is -2.51. The van der Waals surface area contributed by atoms with Gasteiger partial charge in [0.2, 0.25) is 0 Å². The molecule has 9 N–H and O–H groups in total. The van der Waals surface area contributed by atoms with Crippen LogP contribution >= 0.6 is 12.6 Å². The van der Waals surface area contributed by atoms with E-state index >= 15 is 0 Å². The number of benzene rings is 1. The molecule has 4 rings (SSSR count). The first kappa shape index (κ1) is 30.9. The van der Waals surface area contributed by atoms with Gasteiger partial charge < -0.3 is 37.5 Å². The van der Waals surface area contributed by atoms with E-state index < -0.39 is 11.8 Å². The van der Waals surface area contributed by atoms with Gasteiger partial charge in [0.15, 0.2) is 0 Å². The normalized spacial score (nSPS) is 31.6. The third-order valence-electron chi connectivity index (χ3n) is 7.77. The van der Waals surface area contributed by atoms with Gasteiger partial charge in [-0.05, 0) is 94.4 Å². The average Bonchev–Trinajstić information content (AvgIpc) is 2.77. The lowest BCUT2D eigenvalue weighted by Crippen LogP contribution is -2.53. The van der Waals surface area contributed by atoms with Crippen LogP contribution in [0, 0.1) is 30.1 Å². The van der Waals surface area contributed by atoms with E-state index in [4.69, 9.17) is 22.3 Å². The Morgan fingerprint density at radius 1 is 1.24 bits per heavy atom. The van der Waals surface area contributed by atoms with Crippen molar-refractivity contribution in [3.63, 3.8) is 0 Å². The number of hydrogen-bond donors (Lipinski definition) is 7. The van der Waals surface area contributed by atoms with Crippen molar-refractivity contribution < 1.29 is 15.0 Å². The zero-order chi connectivity index (χ0) is 26.1. The Hall–Kier alpha value is -1.16. The Kier molecular flexibility index (Phi) is 12.5. The zero-order valence-electron chi connectivity index (χ0n) is 21.6. The number of carbonyl (C=O) groups excluding carboxylic acids is 1. The van der Waals surface area contributed by atoms with Gasteiger partial charge in [-0.1, -0.05) is 19.9 Å². The molecular weight excluding hydrogens is 448 g/mol. The quantitative estimate of drug-likeness (QED) is 0.147. The maximum absolute atomic E-state index is 9.98. The fourth-order valence-corrected chi connectivity index (χ4v) is 5.83. The molecule has 0 spiro atoms. The summed E-state index contributed by atoms with van der Waals surface area (Å²) in [5.74, 6) is 2.21. The van der Waals surface area contributed by atoms with Crippen molar-refractivity contribution >= 4 is 24.6 Å². The van der Waals surface area contributed by atoms with Crippen LogP contribution in [-0.4, -0.2) is 48.5 Å². The van der Waals surface area contributed by atoms with E-state index in [9.17, 15) is 9.90 Å². The van der Waals surface area contributed by atoms with Crippen LogP contribution in [0.15, 0.2) is 23.1 Å². The molecule has 3 fully saturated rings. The van der Waals surface area contributed by atoms with E-state index in [2.05, 4.69) is 38.8 Å². The molecule has 0 amide bonds. The van der Waals surface area contributed by atoms with Crippen molar-refractivity contribution in [1.82, 2.24) is 5.32 Å². The van der Waals surface area contributed by atoms with E-state index in [1.54, 1.807) is 0 Å². The topological polar surface area (TPSA) is 148 Å². The Bertz CT molecular complexity index is 758. The number of carbonyl (C=O) groups is 1. The van der Waals surface area contributed by atoms with Gasteiger partial charge in [0.1, 0.15) is 12.5 Å². The number of aldehydes is 1. The second kappa shape index (κ2) is 13.8. The molecule has 7 nitrogen and oxygen atoms in total. The maximum Gasteiger partial charge on any atom is 0.139 e. The molecular formula is C26H48N4O3S. The van der Waals surface area contributed by atoms with Crippen molar-refractivity contribution in [2.75, 3.05) is 19.9 Å². The van der Waals surface area contributed by atoms with Crippen molar-refractivity contribution in [2.45, 2.75) is 88.4 Å². The van der Waals surface area contributed by atoms with Gasteiger partial charge in [-0.25, -0.2) is 0 Å². The van der Waals surface area contributed by atoms with Crippen LogP contribution in [0.3, 0.4) is 0 Å². The molecule has 0 saturated heterocycles. The van der Waals surface area contributed by atoms with Crippen LogP contribution in [0.5, 0.6) is 0 Å². The highest BCUT2D eigenvalue weighted by atomic mass is 32.1. The number of fused-ring (bicyclic) bond motifs is 2. The highest BCUT2D eigenvalue weighted by Gasteiger charge is 2.47. The summed E-state index contributed by atoms with van der Waals surface area (Å²) in [5.41, 5.74) is 18.2. The van der Waals surface area contributed by atoms with E-state index in [0.717, 1.165) is 73.5 Å². The third-order valence-corrected chi connectivity index (χ3v) is 8.05. The maximum atomic E-state index is 9.98. The predicted octanol–water partition coefficient (Wildman–Crippen LogP) is 2.86. The number of nitrogens with two attached hydrogens (primary N) is 3. The van der Waals surface area contributed by atoms with Gasteiger partial charge in [0, 0.05) is 29.1 Å². The summed E-state index contributed by atoms with van der Waals surface area (Å²) < 4.78 is 0.